The first kappa shape index (κ1) is 23.1. The van der Waals surface area contributed by atoms with E-state index in [1.54, 1.807) is 0 Å². The molecule has 180 valence electrons. The van der Waals surface area contributed by atoms with Crippen LogP contribution in [-0.4, -0.2) is 53.5 Å². The summed E-state index contributed by atoms with van der Waals surface area (Å²) in [6.45, 7) is 4.92. The number of amides is 1. The van der Waals surface area contributed by atoms with Crippen molar-refractivity contribution in [3.05, 3.63) is 35.4 Å². The van der Waals surface area contributed by atoms with Gasteiger partial charge in [0.15, 0.2) is 11.9 Å². The average molecular weight is 462 g/mol. The maximum Gasteiger partial charge on any atom is 0.290 e. The lowest BCUT2D eigenvalue weighted by Crippen LogP contribution is -2.47. The van der Waals surface area contributed by atoms with Gasteiger partial charge < -0.3 is 20.6 Å². The lowest BCUT2D eigenvalue weighted by atomic mass is 9.75. The molecule has 2 fully saturated rings. The maximum atomic E-state index is 12.9. The van der Waals surface area contributed by atoms with Crippen LogP contribution in [-0.2, 0) is 10.4 Å². The second kappa shape index (κ2) is 8.51. The number of nitrogens with one attached hydrogen (secondary N) is 2. The molecule has 34 heavy (non-hydrogen) atoms. The molecule has 0 aromatic heterocycles. The lowest BCUT2D eigenvalue weighted by molar-refractivity contribution is -0.110. The second-order valence-corrected chi connectivity index (χ2v) is 11.3. The zero-order chi connectivity index (χ0) is 24.1. The number of aliphatic hydroxyl groups is 1. The Hall–Kier alpha value is -2.69. The van der Waals surface area contributed by atoms with Gasteiger partial charge in [0.25, 0.3) is 5.91 Å². The summed E-state index contributed by atoms with van der Waals surface area (Å²) in [4.78, 5) is 19.5. The molecule has 3 aliphatic heterocycles. The zero-order valence-electron chi connectivity index (χ0n) is 20.4. The zero-order valence-corrected chi connectivity index (χ0v) is 20.4. The predicted octanol–water partition coefficient (Wildman–Crippen LogP) is 3.56. The van der Waals surface area contributed by atoms with Crippen LogP contribution >= 0.6 is 0 Å². The van der Waals surface area contributed by atoms with E-state index in [-0.39, 0.29) is 17.2 Å². The van der Waals surface area contributed by atoms with E-state index >= 15 is 0 Å². The molecular weight excluding hydrogens is 426 g/mol. The summed E-state index contributed by atoms with van der Waals surface area (Å²) in [5.41, 5.74) is 3.29. The molecule has 7 heteroatoms. The number of piperidine rings is 1. The summed E-state index contributed by atoms with van der Waals surface area (Å²) in [5.74, 6) is -0.134. The van der Waals surface area contributed by atoms with Gasteiger partial charge in [0.1, 0.15) is 0 Å². The number of allylic oxidation sites excluding steroid dienone is 2. The van der Waals surface area contributed by atoms with Gasteiger partial charge in [-0.05, 0) is 80.7 Å². The number of nitrogens with zero attached hydrogens (tertiary/aromatic N) is 3. The highest BCUT2D eigenvalue weighted by molar-refractivity contribution is 6.42. The highest BCUT2D eigenvalue weighted by Crippen LogP contribution is 2.47. The third-order valence-electron chi connectivity index (χ3n) is 8.37. The molecule has 5 rings (SSSR count). The Morgan fingerprint density at radius 2 is 2.03 bits per heavy atom. The van der Waals surface area contributed by atoms with Crippen LogP contribution in [0.4, 0.5) is 5.69 Å². The van der Waals surface area contributed by atoms with Gasteiger partial charge in [-0.15, -0.1) is 0 Å². The predicted molar refractivity (Wildman–Crippen MR) is 133 cm³/mol. The Bertz CT molecular complexity index is 1080. The fourth-order valence-corrected chi connectivity index (χ4v) is 6.05. The minimum absolute atomic E-state index is 0.200. The van der Waals surface area contributed by atoms with Crippen molar-refractivity contribution in [3.8, 4) is 6.07 Å². The van der Waals surface area contributed by atoms with E-state index in [2.05, 4.69) is 59.6 Å². The van der Waals surface area contributed by atoms with Gasteiger partial charge in [0.05, 0.1) is 18.2 Å². The number of aliphatic imine (C=N–C) groups is 1. The molecular formula is C27H35N5O2. The van der Waals surface area contributed by atoms with Crippen LogP contribution in [0, 0.1) is 16.7 Å². The number of amidine groups is 1. The molecule has 3 atom stereocenters. The summed E-state index contributed by atoms with van der Waals surface area (Å²) in [6, 6.07) is 8.39. The fraction of sp³-hybridized carbons (Fsp3) is 0.593. The van der Waals surface area contributed by atoms with E-state index in [9.17, 15) is 9.90 Å². The van der Waals surface area contributed by atoms with Gasteiger partial charge in [-0.1, -0.05) is 26.0 Å². The molecule has 1 aromatic carbocycles. The normalized spacial score (nSPS) is 32.4. The summed E-state index contributed by atoms with van der Waals surface area (Å²) in [7, 11) is 2.18. The number of nitriles is 1. The Morgan fingerprint density at radius 3 is 2.65 bits per heavy atom. The van der Waals surface area contributed by atoms with Crippen LogP contribution < -0.4 is 10.6 Å². The molecule has 1 amide bonds. The Labute approximate surface area is 201 Å². The Morgan fingerprint density at radius 1 is 1.29 bits per heavy atom. The molecule has 0 radical (unpaired) electrons. The minimum Gasteiger partial charge on any atom is -0.385 e. The van der Waals surface area contributed by atoms with Crippen LogP contribution in [0.2, 0.25) is 0 Å². The number of benzene rings is 1. The number of hydrogen-bond acceptors (Lipinski definition) is 6. The van der Waals surface area contributed by atoms with Crippen molar-refractivity contribution in [1.82, 2.24) is 10.2 Å². The van der Waals surface area contributed by atoms with Crippen LogP contribution in [0.5, 0.6) is 0 Å². The largest absolute Gasteiger partial charge is 0.385 e. The number of hydrogen-bond donors (Lipinski definition) is 3. The van der Waals surface area contributed by atoms with Crippen molar-refractivity contribution < 1.29 is 9.90 Å². The quantitative estimate of drug-likeness (QED) is 0.637. The summed E-state index contributed by atoms with van der Waals surface area (Å²) >= 11 is 0. The molecule has 2 bridgehead atoms. The van der Waals surface area contributed by atoms with E-state index in [0.29, 0.717) is 18.6 Å². The van der Waals surface area contributed by atoms with Crippen LogP contribution in [0.25, 0.3) is 5.57 Å². The molecule has 3 unspecified atom stereocenters. The molecule has 1 aromatic rings. The van der Waals surface area contributed by atoms with Crippen molar-refractivity contribution in [2.45, 2.75) is 82.5 Å². The highest BCUT2D eigenvalue weighted by atomic mass is 16.3. The average Bonchev–Trinajstić information content (AvgIpc) is 3.37. The third kappa shape index (κ3) is 4.25. The van der Waals surface area contributed by atoms with E-state index in [4.69, 9.17) is 5.26 Å². The smallest absolute Gasteiger partial charge is 0.290 e. The molecule has 7 nitrogen and oxygen atoms in total. The van der Waals surface area contributed by atoms with Crippen molar-refractivity contribution in [1.29, 1.82) is 5.26 Å². The first-order valence-corrected chi connectivity index (χ1v) is 12.5. The van der Waals surface area contributed by atoms with Gasteiger partial charge >= 0.3 is 0 Å². The van der Waals surface area contributed by atoms with Crippen molar-refractivity contribution >= 4 is 23.0 Å². The first-order valence-electron chi connectivity index (χ1n) is 12.5. The van der Waals surface area contributed by atoms with Gasteiger partial charge in [-0.2, -0.15) is 5.26 Å². The van der Waals surface area contributed by atoms with Gasteiger partial charge in [-0.3, -0.25) is 4.79 Å². The third-order valence-corrected chi connectivity index (χ3v) is 8.37. The topological polar surface area (TPSA) is 101 Å². The van der Waals surface area contributed by atoms with Crippen LogP contribution in [0.15, 0.2) is 29.3 Å². The van der Waals surface area contributed by atoms with Crippen LogP contribution in [0.3, 0.4) is 0 Å². The molecule has 1 aliphatic carbocycles. The first-order chi connectivity index (χ1) is 16.2. The second-order valence-electron chi connectivity index (χ2n) is 11.3. The standard InChI is InChI=1S/C27H35N5O2/c1-26(2)10-8-17(9-11-26)22-12-18(27(34)13-20-5-6-21(14-27)32(20)3)4-7-23(22)31-25(33)24-29-16-19(15-28)30-24/h4,7-8,12,19-21,34H,5-6,9-11,13-14,16H2,1-3H3,(H,29,30)(H,31,33). The minimum atomic E-state index is -0.846. The summed E-state index contributed by atoms with van der Waals surface area (Å²) in [6.07, 6.45) is 9.05. The van der Waals surface area contributed by atoms with E-state index in [0.717, 1.165) is 61.8 Å². The molecule has 4 aliphatic rings. The highest BCUT2D eigenvalue weighted by Gasteiger charge is 2.47. The van der Waals surface area contributed by atoms with Gasteiger partial charge in [0, 0.05) is 23.3 Å². The monoisotopic (exact) mass is 461 g/mol. The number of anilines is 1. The Balaban J connectivity index is 1.48. The van der Waals surface area contributed by atoms with E-state index < -0.39 is 11.6 Å². The van der Waals surface area contributed by atoms with Crippen molar-refractivity contribution in [2.24, 2.45) is 10.4 Å². The van der Waals surface area contributed by atoms with Gasteiger partial charge in [0.2, 0.25) is 0 Å². The van der Waals surface area contributed by atoms with Crippen molar-refractivity contribution in [2.75, 3.05) is 18.9 Å². The van der Waals surface area contributed by atoms with Gasteiger partial charge in [-0.25, -0.2) is 4.99 Å². The molecule has 2 saturated heterocycles. The molecule has 3 heterocycles. The molecule has 3 N–H and O–H groups in total. The van der Waals surface area contributed by atoms with E-state index in [1.807, 2.05) is 12.1 Å². The van der Waals surface area contributed by atoms with Crippen LogP contribution in [0.1, 0.15) is 69.9 Å². The maximum absolute atomic E-state index is 12.9. The lowest BCUT2D eigenvalue weighted by Gasteiger charge is -2.42. The summed E-state index contributed by atoms with van der Waals surface area (Å²) < 4.78 is 0. The van der Waals surface area contributed by atoms with E-state index in [1.165, 1.54) is 5.57 Å². The Kier molecular flexibility index (Phi) is 5.78. The molecule has 0 spiro atoms. The number of fused-ring (bicyclic) bond motifs is 2. The molecule has 0 saturated carbocycles. The van der Waals surface area contributed by atoms with Crippen molar-refractivity contribution in [3.63, 3.8) is 0 Å². The number of carbonyl (C=O) groups excluding carboxylic acids is 1. The number of carbonyl (C=O) groups is 1. The fourth-order valence-electron chi connectivity index (χ4n) is 6.05. The number of rotatable bonds is 4. The summed E-state index contributed by atoms with van der Waals surface area (Å²) in [5, 5.41) is 26.8. The SMILES string of the molecule is CN1C2CCC1CC(O)(c1ccc(NC(=O)C3=NC(C#N)CN3)c(C3=CCC(C)(C)CC3)c1)C2.